The molecule has 0 radical (unpaired) electrons. The minimum Gasteiger partial charge on any atom is -0.393 e. The molecule has 1 aliphatic carbocycles. The van der Waals surface area contributed by atoms with Crippen LogP contribution in [0.3, 0.4) is 0 Å². The van der Waals surface area contributed by atoms with E-state index in [0.29, 0.717) is 36.8 Å². The van der Waals surface area contributed by atoms with Gasteiger partial charge >= 0.3 is 0 Å². The first-order valence-electron chi connectivity index (χ1n) is 9.07. The Hall–Kier alpha value is -2.20. The lowest BCUT2D eigenvalue weighted by Crippen LogP contribution is -2.67. The first kappa shape index (κ1) is 16.3. The van der Waals surface area contributed by atoms with E-state index in [-0.39, 0.29) is 17.6 Å². The highest BCUT2D eigenvalue weighted by Gasteiger charge is 2.48. The predicted octanol–water partition coefficient (Wildman–Crippen LogP) is 0.911. The summed E-state index contributed by atoms with van der Waals surface area (Å²) in [6, 6.07) is 2.18. The Balaban J connectivity index is 1.46. The van der Waals surface area contributed by atoms with Gasteiger partial charge in [-0.25, -0.2) is 9.97 Å². The van der Waals surface area contributed by atoms with Gasteiger partial charge < -0.3 is 15.3 Å². The number of nitrogens with one attached hydrogen (secondary N) is 1. The summed E-state index contributed by atoms with van der Waals surface area (Å²) in [6.45, 7) is 1.42. The zero-order chi connectivity index (χ0) is 17.4. The van der Waals surface area contributed by atoms with Crippen molar-refractivity contribution in [3.05, 3.63) is 17.6 Å². The van der Waals surface area contributed by atoms with E-state index in [2.05, 4.69) is 26.3 Å². The summed E-state index contributed by atoms with van der Waals surface area (Å²) >= 11 is 0. The number of aliphatic hydroxyl groups is 1. The molecule has 0 bridgehead atoms. The molecule has 3 aliphatic rings. The van der Waals surface area contributed by atoms with E-state index in [4.69, 9.17) is 0 Å². The summed E-state index contributed by atoms with van der Waals surface area (Å²) in [6.07, 6.45) is 7.39. The van der Waals surface area contributed by atoms with Gasteiger partial charge in [0.05, 0.1) is 17.8 Å². The largest absolute Gasteiger partial charge is 0.393 e. The molecule has 0 unspecified atom stereocenters. The Bertz CT molecular complexity index is 715. The van der Waals surface area contributed by atoms with Crippen molar-refractivity contribution in [2.45, 2.75) is 56.6 Å². The third-order valence-electron chi connectivity index (χ3n) is 5.75. The molecule has 3 fully saturated rings. The molecule has 1 spiro atoms. The van der Waals surface area contributed by atoms with E-state index < -0.39 is 0 Å². The Morgan fingerprint density at radius 1 is 1.36 bits per heavy atom. The van der Waals surface area contributed by atoms with Crippen molar-refractivity contribution in [1.82, 2.24) is 15.3 Å². The van der Waals surface area contributed by atoms with Crippen molar-refractivity contribution in [2.75, 3.05) is 18.0 Å². The van der Waals surface area contributed by atoms with Crippen molar-refractivity contribution < 1.29 is 9.90 Å². The fraction of sp³-hybridized carbons (Fsp3) is 0.667. The van der Waals surface area contributed by atoms with Crippen LogP contribution in [-0.2, 0) is 11.2 Å². The van der Waals surface area contributed by atoms with Gasteiger partial charge in [-0.1, -0.05) is 0 Å². The van der Waals surface area contributed by atoms with Crippen LogP contribution in [0, 0.1) is 17.2 Å². The summed E-state index contributed by atoms with van der Waals surface area (Å²) < 4.78 is 0. The van der Waals surface area contributed by atoms with Gasteiger partial charge in [-0.3, -0.25) is 4.79 Å². The minimum absolute atomic E-state index is 0.114. The van der Waals surface area contributed by atoms with Crippen molar-refractivity contribution in [1.29, 1.82) is 5.26 Å². The number of hydrogen-bond acceptors (Lipinski definition) is 6. The Kier molecular flexibility index (Phi) is 4.08. The lowest BCUT2D eigenvalue weighted by atomic mass is 9.85. The fourth-order valence-corrected chi connectivity index (χ4v) is 4.28. The zero-order valence-corrected chi connectivity index (χ0v) is 14.2. The second-order valence-corrected chi connectivity index (χ2v) is 7.70. The highest BCUT2D eigenvalue weighted by molar-refractivity contribution is 5.80. The van der Waals surface area contributed by atoms with Crippen LogP contribution in [-0.4, -0.2) is 45.7 Å². The summed E-state index contributed by atoms with van der Waals surface area (Å²) in [4.78, 5) is 22.6. The minimum atomic E-state index is -0.160. The average molecular weight is 341 g/mol. The first-order valence-corrected chi connectivity index (χ1v) is 9.07. The number of anilines is 1. The maximum atomic E-state index is 11.5. The Labute approximate surface area is 147 Å². The van der Waals surface area contributed by atoms with Gasteiger partial charge in [-0.2, -0.15) is 5.26 Å². The number of carbonyl (C=O) groups is 1. The molecule has 3 heterocycles. The van der Waals surface area contributed by atoms with Gasteiger partial charge in [0.1, 0.15) is 23.3 Å². The summed E-state index contributed by atoms with van der Waals surface area (Å²) in [5.41, 5.74) is 0.357. The topological polar surface area (TPSA) is 102 Å². The molecule has 1 amide bonds. The third-order valence-corrected chi connectivity index (χ3v) is 5.75. The third kappa shape index (κ3) is 3.19. The number of amides is 1. The van der Waals surface area contributed by atoms with E-state index in [1.54, 1.807) is 6.20 Å². The van der Waals surface area contributed by atoms with Crippen LogP contribution < -0.4 is 10.2 Å². The van der Waals surface area contributed by atoms with Crippen LogP contribution in [0.5, 0.6) is 0 Å². The van der Waals surface area contributed by atoms with Crippen LogP contribution in [0.4, 0.5) is 5.82 Å². The number of carbonyl (C=O) groups excluding carboxylic acids is 1. The van der Waals surface area contributed by atoms with Gasteiger partial charge in [-0.05, 0) is 38.0 Å². The van der Waals surface area contributed by atoms with Gasteiger partial charge in [0.25, 0.3) is 0 Å². The van der Waals surface area contributed by atoms with Gasteiger partial charge in [0, 0.05) is 25.9 Å². The van der Waals surface area contributed by atoms with Gasteiger partial charge in [0.2, 0.25) is 5.91 Å². The number of rotatable bonds is 3. The molecule has 1 aromatic heterocycles. The zero-order valence-electron chi connectivity index (χ0n) is 14.2. The first-order chi connectivity index (χ1) is 12.1. The lowest BCUT2D eigenvalue weighted by molar-refractivity contribution is -0.119. The van der Waals surface area contributed by atoms with Crippen molar-refractivity contribution in [2.24, 2.45) is 5.92 Å². The Morgan fingerprint density at radius 2 is 2.12 bits per heavy atom. The highest BCUT2D eigenvalue weighted by Crippen LogP contribution is 2.35. The summed E-state index contributed by atoms with van der Waals surface area (Å²) in [5, 5.41) is 22.1. The normalized spacial score (nSPS) is 27.7. The molecule has 0 atom stereocenters. The van der Waals surface area contributed by atoms with Crippen LogP contribution in [0.1, 0.15) is 49.9 Å². The monoisotopic (exact) mass is 341 g/mol. The molecular formula is C18H23N5O2. The maximum Gasteiger partial charge on any atom is 0.220 e. The quantitative estimate of drug-likeness (QED) is 0.847. The smallest absolute Gasteiger partial charge is 0.220 e. The second kappa shape index (κ2) is 6.26. The van der Waals surface area contributed by atoms with Gasteiger partial charge in [-0.15, -0.1) is 0 Å². The predicted molar refractivity (Wildman–Crippen MR) is 90.7 cm³/mol. The molecule has 132 valence electrons. The number of aliphatic hydroxyl groups excluding tert-OH is 1. The van der Waals surface area contributed by atoms with Crippen LogP contribution in [0.15, 0.2) is 6.20 Å². The van der Waals surface area contributed by atoms with Crippen LogP contribution in [0.2, 0.25) is 0 Å². The second-order valence-electron chi connectivity index (χ2n) is 7.70. The lowest BCUT2D eigenvalue weighted by Gasteiger charge is -2.48. The molecule has 4 rings (SSSR count). The molecule has 7 nitrogen and oxygen atoms in total. The number of aromatic nitrogens is 2. The molecule has 25 heavy (non-hydrogen) atoms. The van der Waals surface area contributed by atoms with Crippen LogP contribution >= 0.6 is 0 Å². The average Bonchev–Trinajstić information content (AvgIpc) is 2.98. The number of hydrogen-bond donors (Lipinski definition) is 2. The molecule has 2 saturated heterocycles. The van der Waals surface area contributed by atoms with Gasteiger partial charge in [0.15, 0.2) is 0 Å². The summed E-state index contributed by atoms with van der Waals surface area (Å²) in [7, 11) is 0. The molecule has 1 saturated carbocycles. The maximum absolute atomic E-state index is 11.5. The molecule has 1 aromatic rings. The standard InChI is InChI=1S/C18H23N5O2/c19-8-13-9-20-15(7-12-1-3-14(24)4-2-12)21-17(13)23-10-18(11-23)6-5-16(25)22-18/h9,12,14,24H,1-7,10-11H2,(H,22,25)/t12-,14-. The fourth-order valence-electron chi connectivity index (χ4n) is 4.28. The summed E-state index contributed by atoms with van der Waals surface area (Å²) in [5.74, 6) is 2.07. The van der Waals surface area contributed by atoms with E-state index in [9.17, 15) is 15.2 Å². The van der Waals surface area contributed by atoms with Crippen molar-refractivity contribution in [3.63, 3.8) is 0 Å². The van der Waals surface area contributed by atoms with Crippen molar-refractivity contribution in [3.8, 4) is 6.07 Å². The molecule has 2 aliphatic heterocycles. The molecular weight excluding hydrogens is 318 g/mol. The molecule has 0 aromatic carbocycles. The number of nitriles is 1. The molecule has 2 N–H and O–H groups in total. The van der Waals surface area contributed by atoms with E-state index >= 15 is 0 Å². The molecule has 7 heteroatoms. The van der Waals surface area contributed by atoms with E-state index in [0.717, 1.165) is 44.3 Å². The van der Waals surface area contributed by atoms with Crippen molar-refractivity contribution >= 4 is 11.7 Å². The van der Waals surface area contributed by atoms with Crippen LogP contribution in [0.25, 0.3) is 0 Å². The number of nitrogens with zero attached hydrogens (tertiary/aromatic N) is 4. The SMILES string of the molecule is N#Cc1cnc(C[C@H]2CC[C@H](O)CC2)nc1N1CC2(CCC(=O)N2)C1. The van der Waals surface area contributed by atoms with E-state index in [1.165, 1.54) is 0 Å². The van der Waals surface area contributed by atoms with E-state index in [1.807, 2.05) is 0 Å². The highest BCUT2D eigenvalue weighted by atomic mass is 16.3. The Morgan fingerprint density at radius 3 is 2.76 bits per heavy atom.